The predicted octanol–water partition coefficient (Wildman–Crippen LogP) is 5.29. The Kier molecular flexibility index (Phi) is 5.25. The highest BCUT2D eigenvalue weighted by atomic mass is 16.3. The Morgan fingerprint density at radius 2 is 1.88 bits per heavy atom. The molecular weight excluding hydrogens is 294 g/mol. The van der Waals surface area contributed by atoms with E-state index in [1.807, 2.05) is 0 Å². The Labute approximate surface area is 145 Å². The molecule has 0 unspecified atom stereocenters. The molecule has 0 saturated carbocycles. The molecule has 3 rings (SSSR count). The average molecular weight is 323 g/mol. The molecule has 128 valence electrons. The molecule has 1 heterocycles. The third-order valence-electron chi connectivity index (χ3n) is 5.54. The number of rotatable bonds is 5. The largest absolute Gasteiger partial charge is 0.396 e. The van der Waals surface area contributed by atoms with Crippen LogP contribution in [0, 0.1) is 18.8 Å². The first kappa shape index (κ1) is 17.0. The molecule has 2 heteroatoms. The number of aryl methyl sites for hydroxylation is 1. The Hall–Kier alpha value is -1.80. The first-order valence-corrected chi connectivity index (χ1v) is 9.13. The van der Waals surface area contributed by atoms with Gasteiger partial charge in [0.05, 0.1) is 6.04 Å². The van der Waals surface area contributed by atoms with Gasteiger partial charge in [0.1, 0.15) is 0 Å². The molecule has 2 aromatic rings. The molecule has 0 bridgehead atoms. The maximum Gasteiger partial charge on any atom is 0.0547 e. The molecule has 0 fully saturated rings. The fourth-order valence-electron chi connectivity index (χ4n) is 3.96. The van der Waals surface area contributed by atoms with Crippen molar-refractivity contribution in [3.8, 4) is 0 Å². The van der Waals surface area contributed by atoms with E-state index in [0.29, 0.717) is 23.8 Å². The average Bonchev–Trinajstić information content (AvgIpc) is 2.61. The molecule has 1 aliphatic heterocycles. The summed E-state index contributed by atoms with van der Waals surface area (Å²) in [6, 6.07) is 17.9. The molecule has 0 aromatic heterocycles. The summed E-state index contributed by atoms with van der Waals surface area (Å²) in [5, 5.41) is 13.2. The summed E-state index contributed by atoms with van der Waals surface area (Å²) >= 11 is 0. The molecular formula is C22H29NO. The zero-order valence-electron chi connectivity index (χ0n) is 15.0. The summed E-state index contributed by atoms with van der Waals surface area (Å²) in [6.07, 6.45) is 2.19. The fourth-order valence-corrected chi connectivity index (χ4v) is 3.96. The van der Waals surface area contributed by atoms with Crippen LogP contribution in [0.1, 0.15) is 55.3 Å². The number of aliphatic hydroxyl groups excluding tert-OH is 1. The standard InChI is InChI=1S/C22H29NO/c1-15-10-12-21-20(13-15)17(3)19(11-9-16(2)14-24)22(23-21)18-7-5-4-6-8-18/h4-8,10,12-13,16-17,19,22-24H,9,11,14H2,1-3H3/t16-,17+,19-,22-/m1/s1. The summed E-state index contributed by atoms with van der Waals surface area (Å²) in [5.41, 5.74) is 5.39. The quantitative estimate of drug-likeness (QED) is 0.783. The van der Waals surface area contributed by atoms with Crippen molar-refractivity contribution in [3.63, 3.8) is 0 Å². The van der Waals surface area contributed by atoms with Crippen LogP contribution in [0.3, 0.4) is 0 Å². The first-order valence-electron chi connectivity index (χ1n) is 9.13. The Bertz CT molecular complexity index is 667. The van der Waals surface area contributed by atoms with Gasteiger partial charge in [0.15, 0.2) is 0 Å². The van der Waals surface area contributed by atoms with Crippen molar-refractivity contribution < 1.29 is 5.11 Å². The molecule has 1 aliphatic rings. The lowest BCUT2D eigenvalue weighted by atomic mass is 9.73. The van der Waals surface area contributed by atoms with Gasteiger partial charge in [0, 0.05) is 12.3 Å². The van der Waals surface area contributed by atoms with Gasteiger partial charge in [-0.3, -0.25) is 0 Å². The van der Waals surface area contributed by atoms with E-state index in [9.17, 15) is 5.11 Å². The SMILES string of the molecule is Cc1ccc2c(c1)[C@@H](C)[C@@H](CC[C@@H](C)CO)[C@@H](c1ccccc1)N2. The van der Waals surface area contributed by atoms with Gasteiger partial charge in [0.2, 0.25) is 0 Å². The van der Waals surface area contributed by atoms with Crippen LogP contribution in [0.5, 0.6) is 0 Å². The van der Waals surface area contributed by atoms with Gasteiger partial charge >= 0.3 is 0 Å². The molecule has 24 heavy (non-hydrogen) atoms. The van der Waals surface area contributed by atoms with Crippen molar-refractivity contribution >= 4 is 5.69 Å². The topological polar surface area (TPSA) is 32.3 Å². The number of anilines is 1. The monoisotopic (exact) mass is 323 g/mol. The van der Waals surface area contributed by atoms with E-state index in [2.05, 4.69) is 74.6 Å². The van der Waals surface area contributed by atoms with E-state index in [1.54, 1.807) is 0 Å². The fraction of sp³-hybridized carbons (Fsp3) is 0.455. The van der Waals surface area contributed by atoms with Crippen molar-refractivity contribution in [2.24, 2.45) is 11.8 Å². The first-order chi connectivity index (χ1) is 11.6. The molecule has 0 aliphatic carbocycles. The molecule has 0 radical (unpaired) electrons. The second-order valence-corrected chi connectivity index (χ2v) is 7.44. The van der Waals surface area contributed by atoms with Gasteiger partial charge in [-0.2, -0.15) is 0 Å². The van der Waals surface area contributed by atoms with Crippen LogP contribution in [0.15, 0.2) is 48.5 Å². The van der Waals surface area contributed by atoms with Crippen molar-refractivity contribution in [3.05, 3.63) is 65.2 Å². The Balaban J connectivity index is 1.93. The number of aliphatic hydroxyl groups is 1. The van der Waals surface area contributed by atoms with Gasteiger partial charge in [-0.05, 0) is 54.7 Å². The lowest BCUT2D eigenvalue weighted by Gasteiger charge is -2.40. The predicted molar refractivity (Wildman–Crippen MR) is 101 cm³/mol. The summed E-state index contributed by atoms with van der Waals surface area (Å²) in [5.74, 6) is 1.42. The highest BCUT2D eigenvalue weighted by molar-refractivity contribution is 5.58. The van der Waals surface area contributed by atoms with Gasteiger partial charge in [-0.1, -0.05) is 61.9 Å². The summed E-state index contributed by atoms with van der Waals surface area (Å²) in [4.78, 5) is 0. The number of nitrogens with one attached hydrogen (secondary N) is 1. The number of hydrogen-bond acceptors (Lipinski definition) is 2. The Morgan fingerprint density at radius 1 is 1.12 bits per heavy atom. The van der Waals surface area contributed by atoms with E-state index in [4.69, 9.17) is 0 Å². The second-order valence-electron chi connectivity index (χ2n) is 7.44. The molecule has 2 N–H and O–H groups in total. The van der Waals surface area contributed by atoms with Gasteiger partial charge in [-0.15, -0.1) is 0 Å². The van der Waals surface area contributed by atoms with Crippen LogP contribution in [0.25, 0.3) is 0 Å². The number of benzene rings is 2. The third-order valence-corrected chi connectivity index (χ3v) is 5.54. The van der Waals surface area contributed by atoms with Crippen molar-refractivity contribution in [1.82, 2.24) is 0 Å². The minimum absolute atomic E-state index is 0.278. The number of hydrogen-bond donors (Lipinski definition) is 2. The maximum absolute atomic E-state index is 9.39. The summed E-state index contributed by atoms with van der Waals surface area (Å²) in [7, 11) is 0. The van der Waals surface area contributed by atoms with Crippen LogP contribution in [0.4, 0.5) is 5.69 Å². The third kappa shape index (κ3) is 3.49. The van der Waals surface area contributed by atoms with Crippen LogP contribution in [0.2, 0.25) is 0 Å². The minimum Gasteiger partial charge on any atom is -0.396 e. The van der Waals surface area contributed by atoms with E-state index >= 15 is 0 Å². The minimum atomic E-state index is 0.278. The molecule has 0 amide bonds. The van der Waals surface area contributed by atoms with Crippen LogP contribution in [-0.2, 0) is 0 Å². The smallest absolute Gasteiger partial charge is 0.0547 e. The highest BCUT2D eigenvalue weighted by Gasteiger charge is 2.34. The molecule has 0 spiro atoms. The summed E-state index contributed by atoms with van der Waals surface area (Å²) in [6.45, 7) is 6.94. The van der Waals surface area contributed by atoms with Crippen molar-refractivity contribution in [1.29, 1.82) is 0 Å². The number of fused-ring (bicyclic) bond motifs is 1. The van der Waals surface area contributed by atoms with E-state index < -0.39 is 0 Å². The van der Waals surface area contributed by atoms with Crippen molar-refractivity contribution in [2.45, 2.75) is 45.6 Å². The van der Waals surface area contributed by atoms with E-state index in [-0.39, 0.29) is 6.61 Å². The van der Waals surface area contributed by atoms with Crippen LogP contribution >= 0.6 is 0 Å². The van der Waals surface area contributed by atoms with Gasteiger partial charge in [-0.25, -0.2) is 0 Å². The molecule has 0 saturated heterocycles. The Morgan fingerprint density at radius 3 is 2.58 bits per heavy atom. The van der Waals surface area contributed by atoms with Crippen molar-refractivity contribution in [2.75, 3.05) is 11.9 Å². The highest BCUT2D eigenvalue weighted by Crippen LogP contribution is 2.46. The lowest BCUT2D eigenvalue weighted by molar-refractivity contribution is 0.213. The van der Waals surface area contributed by atoms with Gasteiger partial charge < -0.3 is 10.4 Å². The van der Waals surface area contributed by atoms with E-state index in [0.717, 1.165) is 12.8 Å². The lowest BCUT2D eigenvalue weighted by Crippen LogP contribution is -2.31. The van der Waals surface area contributed by atoms with E-state index in [1.165, 1.54) is 22.4 Å². The second kappa shape index (κ2) is 7.40. The van der Waals surface area contributed by atoms with Gasteiger partial charge in [0.25, 0.3) is 0 Å². The zero-order valence-corrected chi connectivity index (χ0v) is 15.0. The zero-order chi connectivity index (χ0) is 17.1. The normalized spacial score (nSPS) is 24.1. The molecule has 2 nitrogen and oxygen atoms in total. The van der Waals surface area contributed by atoms with Crippen LogP contribution in [-0.4, -0.2) is 11.7 Å². The maximum atomic E-state index is 9.39. The summed E-state index contributed by atoms with van der Waals surface area (Å²) < 4.78 is 0. The molecule has 4 atom stereocenters. The molecule has 2 aromatic carbocycles. The van der Waals surface area contributed by atoms with Crippen LogP contribution < -0.4 is 5.32 Å².